The molecule has 0 aliphatic heterocycles. The van der Waals surface area contributed by atoms with Crippen LogP contribution in [0.1, 0.15) is 43.7 Å². The molecule has 1 aromatic rings. The van der Waals surface area contributed by atoms with Crippen LogP contribution in [0.15, 0.2) is 21.2 Å². The van der Waals surface area contributed by atoms with Gasteiger partial charge in [0.25, 0.3) is 5.91 Å². The Labute approximate surface area is 110 Å². The SMILES string of the molecule is CCC1CCC(NC(=O)c2ccc(Br)o2)C1C. The molecule has 1 aliphatic carbocycles. The van der Waals surface area contributed by atoms with E-state index in [0.29, 0.717) is 16.3 Å². The zero-order valence-electron chi connectivity index (χ0n) is 10.2. The molecule has 3 atom stereocenters. The average molecular weight is 300 g/mol. The maximum atomic E-state index is 11.9. The van der Waals surface area contributed by atoms with E-state index in [0.717, 1.165) is 12.3 Å². The number of furan rings is 1. The molecule has 1 fully saturated rings. The number of hydrogen-bond donors (Lipinski definition) is 1. The van der Waals surface area contributed by atoms with E-state index in [9.17, 15) is 4.79 Å². The Bertz CT molecular complexity index is 402. The second-order valence-corrected chi connectivity index (χ2v) is 5.57. The largest absolute Gasteiger partial charge is 0.444 e. The molecule has 0 aromatic carbocycles. The first-order chi connectivity index (χ1) is 8.11. The molecule has 0 radical (unpaired) electrons. The molecular formula is C13H18BrNO2. The number of amides is 1. The zero-order valence-corrected chi connectivity index (χ0v) is 11.8. The summed E-state index contributed by atoms with van der Waals surface area (Å²) in [5, 5.41) is 3.07. The first-order valence-electron chi connectivity index (χ1n) is 6.18. The van der Waals surface area contributed by atoms with Gasteiger partial charge in [0.05, 0.1) is 0 Å². The van der Waals surface area contributed by atoms with Crippen molar-refractivity contribution in [1.82, 2.24) is 5.32 Å². The quantitative estimate of drug-likeness (QED) is 0.926. The summed E-state index contributed by atoms with van der Waals surface area (Å²) < 4.78 is 5.84. The second-order valence-electron chi connectivity index (χ2n) is 4.79. The van der Waals surface area contributed by atoms with E-state index in [2.05, 4.69) is 35.1 Å². The fourth-order valence-corrected chi connectivity index (χ4v) is 3.01. The number of nitrogens with one attached hydrogen (secondary N) is 1. The normalized spacial score (nSPS) is 28.3. The van der Waals surface area contributed by atoms with Crippen LogP contribution in [-0.4, -0.2) is 11.9 Å². The van der Waals surface area contributed by atoms with Crippen molar-refractivity contribution in [1.29, 1.82) is 0 Å². The summed E-state index contributed by atoms with van der Waals surface area (Å²) in [5.74, 6) is 1.57. The lowest BCUT2D eigenvalue weighted by Crippen LogP contribution is -2.37. The van der Waals surface area contributed by atoms with Crippen molar-refractivity contribution in [2.24, 2.45) is 11.8 Å². The predicted octanol–water partition coefficient (Wildman–Crippen LogP) is 3.60. The highest BCUT2D eigenvalue weighted by Crippen LogP contribution is 2.34. The monoisotopic (exact) mass is 299 g/mol. The Hall–Kier alpha value is -0.770. The Morgan fingerprint density at radius 3 is 2.82 bits per heavy atom. The fourth-order valence-electron chi connectivity index (χ4n) is 2.70. The Balaban J connectivity index is 1.96. The van der Waals surface area contributed by atoms with E-state index >= 15 is 0 Å². The lowest BCUT2D eigenvalue weighted by atomic mass is 9.93. The minimum Gasteiger partial charge on any atom is -0.444 e. The molecule has 1 N–H and O–H groups in total. The summed E-state index contributed by atoms with van der Waals surface area (Å²) in [6, 6.07) is 3.72. The zero-order chi connectivity index (χ0) is 12.4. The molecule has 0 bridgehead atoms. The summed E-state index contributed by atoms with van der Waals surface area (Å²) in [5.41, 5.74) is 0. The summed E-state index contributed by atoms with van der Waals surface area (Å²) in [6.45, 7) is 4.44. The molecule has 1 aromatic heterocycles. The van der Waals surface area contributed by atoms with Crippen LogP contribution >= 0.6 is 15.9 Å². The van der Waals surface area contributed by atoms with Gasteiger partial charge < -0.3 is 9.73 Å². The molecule has 2 rings (SSSR count). The molecule has 3 nitrogen and oxygen atoms in total. The smallest absolute Gasteiger partial charge is 0.287 e. The van der Waals surface area contributed by atoms with Crippen molar-refractivity contribution < 1.29 is 9.21 Å². The first-order valence-corrected chi connectivity index (χ1v) is 6.97. The van der Waals surface area contributed by atoms with Crippen LogP contribution in [0, 0.1) is 11.8 Å². The molecule has 4 heteroatoms. The third kappa shape index (κ3) is 2.73. The fraction of sp³-hybridized carbons (Fsp3) is 0.615. The number of hydrogen-bond acceptors (Lipinski definition) is 2. The van der Waals surface area contributed by atoms with Crippen molar-refractivity contribution in [3.05, 3.63) is 22.6 Å². The van der Waals surface area contributed by atoms with Crippen LogP contribution in [0.5, 0.6) is 0 Å². The van der Waals surface area contributed by atoms with Gasteiger partial charge in [-0.05, 0) is 52.7 Å². The Kier molecular flexibility index (Phi) is 3.92. The van der Waals surface area contributed by atoms with Gasteiger partial charge in [0.2, 0.25) is 0 Å². The van der Waals surface area contributed by atoms with Crippen molar-refractivity contribution in [2.45, 2.75) is 39.2 Å². The maximum absolute atomic E-state index is 11.9. The van der Waals surface area contributed by atoms with E-state index < -0.39 is 0 Å². The summed E-state index contributed by atoms with van der Waals surface area (Å²) >= 11 is 3.20. The highest BCUT2D eigenvalue weighted by atomic mass is 79.9. The third-order valence-corrected chi connectivity index (χ3v) is 4.29. The lowest BCUT2D eigenvalue weighted by Gasteiger charge is -2.20. The van der Waals surface area contributed by atoms with Crippen LogP contribution in [0.2, 0.25) is 0 Å². The number of carbonyl (C=O) groups is 1. The van der Waals surface area contributed by atoms with Crippen LogP contribution in [0.25, 0.3) is 0 Å². The molecule has 17 heavy (non-hydrogen) atoms. The first kappa shape index (κ1) is 12.7. The average Bonchev–Trinajstić information content (AvgIpc) is 2.87. The molecule has 1 amide bonds. The lowest BCUT2D eigenvalue weighted by molar-refractivity contribution is 0.0897. The van der Waals surface area contributed by atoms with Crippen LogP contribution in [-0.2, 0) is 0 Å². The topological polar surface area (TPSA) is 42.2 Å². The van der Waals surface area contributed by atoms with E-state index in [1.54, 1.807) is 12.1 Å². The molecule has 3 unspecified atom stereocenters. The highest BCUT2D eigenvalue weighted by molar-refractivity contribution is 9.10. The van der Waals surface area contributed by atoms with Gasteiger partial charge in [0, 0.05) is 6.04 Å². The molecule has 0 saturated heterocycles. The van der Waals surface area contributed by atoms with Crippen molar-refractivity contribution in [2.75, 3.05) is 0 Å². The number of carbonyl (C=O) groups excluding carboxylic acids is 1. The summed E-state index contributed by atoms with van der Waals surface area (Å²) in [6.07, 6.45) is 3.48. The molecular weight excluding hydrogens is 282 g/mol. The second kappa shape index (κ2) is 5.25. The molecule has 1 aliphatic rings. The van der Waals surface area contributed by atoms with Gasteiger partial charge >= 0.3 is 0 Å². The number of halogens is 1. The molecule has 1 saturated carbocycles. The van der Waals surface area contributed by atoms with Crippen LogP contribution in [0.4, 0.5) is 0 Å². The highest BCUT2D eigenvalue weighted by Gasteiger charge is 2.32. The van der Waals surface area contributed by atoms with Gasteiger partial charge in [-0.1, -0.05) is 20.3 Å². The van der Waals surface area contributed by atoms with Gasteiger partial charge in [-0.3, -0.25) is 4.79 Å². The van der Waals surface area contributed by atoms with E-state index in [4.69, 9.17) is 4.42 Å². The van der Waals surface area contributed by atoms with Gasteiger partial charge in [0.1, 0.15) is 0 Å². The number of rotatable bonds is 3. The van der Waals surface area contributed by atoms with Crippen molar-refractivity contribution in [3.63, 3.8) is 0 Å². The van der Waals surface area contributed by atoms with Gasteiger partial charge in [-0.25, -0.2) is 0 Å². The Morgan fingerprint density at radius 2 is 2.29 bits per heavy atom. The maximum Gasteiger partial charge on any atom is 0.287 e. The summed E-state index contributed by atoms with van der Waals surface area (Å²) in [7, 11) is 0. The minimum atomic E-state index is -0.107. The molecule has 0 spiro atoms. The van der Waals surface area contributed by atoms with E-state index in [1.807, 2.05) is 0 Å². The van der Waals surface area contributed by atoms with Gasteiger partial charge in [-0.2, -0.15) is 0 Å². The van der Waals surface area contributed by atoms with Crippen molar-refractivity contribution >= 4 is 21.8 Å². The Morgan fingerprint density at radius 1 is 1.53 bits per heavy atom. The van der Waals surface area contributed by atoms with E-state index in [1.165, 1.54) is 12.8 Å². The summed E-state index contributed by atoms with van der Waals surface area (Å²) in [4.78, 5) is 11.9. The van der Waals surface area contributed by atoms with Crippen molar-refractivity contribution in [3.8, 4) is 0 Å². The minimum absolute atomic E-state index is 0.107. The molecule has 94 valence electrons. The van der Waals surface area contributed by atoms with Crippen LogP contribution < -0.4 is 5.32 Å². The predicted molar refractivity (Wildman–Crippen MR) is 69.8 cm³/mol. The van der Waals surface area contributed by atoms with Gasteiger partial charge in [0.15, 0.2) is 10.4 Å². The van der Waals surface area contributed by atoms with Crippen LogP contribution in [0.3, 0.4) is 0 Å². The standard InChI is InChI=1S/C13H18BrNO2/c1-3-9-4-5-10(8(9)2)15-13(16)11-6-7-12(14)17-11/h6-10H,3-5H2,1-2H3,(H,15,16). The molecule has 1 heterocycles. The van der Waals surface area contributed by atoms with E-state index in [-0.39, 0.29) is 11.9 Å². The van der Waals surface area contributed by atoms with Gasteiger partial charge in [-0.15, -0.1) is 0 Å². The third-order valence-electron chi connectivity index (χ3n) is 3.86.